The van der Waals surface area contributed by atoms with Gasteiger partial charge in [0.2, 0.25) is 0 Å². The highest BCUT2D eigenvalue weighted by atomic mass is 19.1. The summed E-state index contributed by atoms with van der Waals surface area (Å²) in [6.45, 7) is 3.63. The van der Waals surface area contributed by atoms with Gasteiger partial charge < -0.3 is 10.1 Å². The number of aryl methyl sites for hydroxylation is 2. The van der Waals surface area contributed by atoms with Crippen LogP contribution < -0.4 is 20.3 Å². The topological polar surface area (TPSA) is 105 Å². The van der Waals surface area contributed by atoms with Gasteiger partial charge in [0, 0.05) is 5.69 Å². The summed E-state index contributed by atoms with van der Waals surface area (Å²) >= 11 is 0. The second kappa shape index (κ2) is 10.2. The van der Waals surface area contributed by atoms with Crippen molar-refractivity contribution in [2.24, 2.45) is 0 Å². The van der Waals surface area contributed by atoms with E-state index in [0.29, 0.717) is 17.0 Å². The fraction of sp³-hybridized carbons (Fsp3) is 0.111. The van der Waals surface area contributed by atoms with Crippen LogP contribution in [-0.4, -0.2) is 30.4 Å². The zero-order chi connectivity index (χ0) is 25.8. The van der Waals surface area contributed by atoms with Crippen molar-refractivity contribution < 1.29 is 28.3 Å². The predicted octanol–water partition coefficient (Wildman–Crippen LogP) is 4.13. The molecule has 36 heavy (non-hydrogen) atoms. The van der Waals surface area contributed by atoms with Gasteiger partial charge in [-0.15, -0.1) is 0 Å². The molecule has 1 saturated heterocycles. The molecule has 4 rings (SSSR count). The zero-order valence-electron chi connectivity index (χ0n) is 19.5. The summed E-state index contributed by atoms with van der Waals surface area (Å²) in [5.41, 5.74) is 3.04. The van der Waals surface area contributed by atoms with Gasteiger partial charge in [0.1, 0.15) is 17.1 Å². The molecule has 2 N–H and O–H groups in total. The molecular formula is C27H22FN3O5. The predicted molar refractivity (Wildman–Crippen MR) is 132 cm³/mol. The summed E-state index contributed by atoms with van der Waals surface area (Å²) in [7, 11) is 0. The third-order valence-electron chi connectivity index (χ3n) is 5.41. The zero-order valence-corrected chi connectivity index (χ0v) is 19.5. The largest absolute Gasteiger partial charge is 0.484 e. The number of hydrogen-bond acceptors (Lipinski definition) is 5. The molecule has 0 radical (unpaired) electrons. The third-order valence-corrected chi connectivity index (χ3v) is 5.41. The number of anilines is 2. The van der Waals surface area contributed by atoms with Crippen LogP contribution in [0.1, 0.15) is 16.7 Å². The molecule has 0 unspecified atom stereocenters. The highest BCUT2D eigenvalue weighted by Gasteiger charge is 2.36. The molecule has 8 nitrogen and oxygen atoms in total. The molecule has 1 fully saturated rings. The molecule has 1 aliphatic rings. The molecule has 3 aromatic carbocycles. The van der Waals surface area contributed by atoms with Crippen molar-refractivity contribution in [1.29, 1.82) is 0 Å². The van der Waals surface area contributed by atoms with Gasteiger partial charge in [-0.3, -0.25) is 19.7 Å². The molecule has 0 spiro atoms. The van der Waals surface area contributed by atoms with Gasteiger partial charge in [0.25, 0.3) is 17.7 Å². The minimum atomic E-state index is -0.920. The molecule has 9 heteroatoms. The molecule has 0 bridgehead atoms. The van der Waals surface area contributed by atoms with Gasteiger partial charge in [0.05, 0.1) is 5.69 Å². The lowest BCUT2D eigenvalue weighted by Gasteiger charge is -2.26. The van der Waals surface area contributed by atoms with E-state index in [0.717, 1.165) is 28.2 Å². The van der Waals surface area contributed by atoms with Gasteiger partial charge in [-0.2, -0.15) is 0 Å². The van der Waals surface area contributed by atoms with Crippen molar-refractivity contribution in [3.8, 4) is 5.75 Å². The molecule has 3 aromatic rings. The van der Waals surface area contributed by atoms with Crippen LogP contribution in [-0.2, 0) is 14.4 Å². The SMILES string of the molecule is Cc1ccc(C)c(NC(=O)COc2ccc(/C=C3\C(=O)NC(=O)N(c4ccc(F)cc4)C3=O)cc2)c1. The number of nitrogens with zero attached hydrogens (tertiary/aromatic N) is 1. The number of ether oxygens (including phenoxy) is 1. The minimum Gasteiger partial charge on any atom is -0.484 e. The van der Waals surface area contributed by atoms with Gasteiger partial charge >= 0.3 is 6.03 Å². The van der Waals surface area contributed by atoms with Crippen LogP contribution in [0.5, 0.6) is 5.75 Å². The van der Waals surface area contributed by atoms with Crippen LogP contribution in [0.2, 0.25) is 0 Å². The highest BCUT2D eigenvalue weighted by Crippen LogP contribution is 2.23. The third kappa shape index (κ3) is 5.47. The maximum atomic E-state index is 13.2. The molecule has 0 aliphatic carbocycles. The Kier molecular flexibility index (Phi) is 6.91. The first-order valence-corrected chi connectivity index (χ1v) is 11.0. The fourth-order valence-electron chi connectivity index (χ4n) is 3.51. The number of imide groups is 2. The van der Waals surface area contributed by atoms with E-state index >= 15 is 0 Å². The Morgan fingerprint density at radius 2 is 1.69 bits per heavy atom. The maximum Gasteiger partial charge on any atom is 0.335 e. The van der Waals surface area contributed by atoms with Gasteiger partial charge in [0.15, 0.2) is 6.61 Å². The number of carbonyl (C=O) groups excluding carboxylic acids is 4. The Labute approximate surface area is 206 Å². The number of benzene rings is 3. The van der Waals surface area contributed by atoms with E-state index < -0.39 is 23.7 Å². The summed E-state index contributed by atoms with van der Waals surface area (Å²) in [6.07, 6.45) is 1.33. The smallest absolute Gasteiger partial charge is 0.335 e. The van der Waals surface area contributed by atoms with E-state index in [1.807, 2.05) is 32.0 Å². The van der Waals surface area contributed by atoms with E-state index in [1.165, 1.54) is 18.2 Å². The number of nitrogens with one attached hydrogen (secondary N) is 2. The molecule has 0 aromatic heterocycles. The highest BCUT2D eigenvalue weighted by molar-refractivity contribution is 6.39. The molecular weight excluding hydrogens is 465 g/mol. The minimum absolute atomic E-state index is 0.125. The normalized spacial score (nSPS) is 14.6. The van der Waals surface area contributed by atoms with Crippen LogP contribution >= 0.6 is 0 Å². The standard InChI is InChI=1S/C27H22FN3O5/c1-16-3-4-17(2)23(13-16)29-24(32)15-36-21-11-5-18(6-12-21)14-22-25(33)30-27(35)31(26(22)34)20-9-7-19(28)8-10-20/h3-14H,15H2,1-2H3,(H,29,32)(H,30,33,35)/b22-14+. The lowest BCUT2D eigenvalue weighted by molar-refractivity contribution is -0.122. The number of rotatable bonds is 6. The van der Waals surface area contributed by atoms with Crippen LogP contribution in [0, 0.1) is 19.7 Å². The summed E-state index contributed by atoms with van der Waals surface area (Å²) in [5.74, 6) is -2.10. The van der Waals surface area contributed by atoms with Crippen LogP contribution in [0.3, 0.4) is 0 Å². The van der Waals surface area contributed by atoms with E-state index in [-0.39, 0.29) is 23.8 Å². The van der Waals surface area contributed by atoms with Crippen molar-refractivity contribution >= 4 is 41.2 Å². The number of barbiturate groups is 1. The molecule has 0 atom stereocenters. The molecule has 182 valence electrons. The Bertz CT molecular complexity index is 1380. The first-order chi connectivity index (χ1) is 17.2. The van der Waals surface area contributed by atoms with Gasteiger partial charge in [-0.05, 0) is 79.1 Å². The number of halogens is 1. The van der Waals surface area contributed by atoms with Crippen molar-refractivity contribution in [2.75, 3.05) is 16.8 Å². The van der Waals surface area contributed by atoms with Crippen LogP contribution in [0.25, 0.3) is 6.08 Å². The summed E-state index contributed by atoms with van der Waals surface area (Å²) < 4.78 is 18.8. The van der Waals surface area contributed by atoms with E-state index in [9.17, 15) is 23.6 Å². The number of hydrogen-bond donors (Lipinski definition) is 2. The number of carbonyl (C=O) groups is 4. The lowest BCUT2D eigenvalue weighted by atomic mass is 10.1. The van der Waals surface area contributed by atoms with Gasteiger partial charge in [-0.25, -0.2) is 14.1 Å². The number of urea groups is 1. The summed E-state index contributed by atoms with van der Waals surface area (Å²) in [6, 6.07) is 16.0. The average Bonchev–Trinajstić information content (AvgIpc) is 2.84. The Hall–Kier alpha value is -4.79. The van der Waals surface area contributed by atoms with E-state index in [2.05, 4.69) is 10.6 Å². The molecule has 5 amide bonds. The quantitative estimate of drug-likeness (QED) is 0.402. The first kappa shape index (κ1) is 24.3. The molecule has 1 aliphatic heterocycles. The first-order valence-electron chi connectivity index (χ1n) is 11.0. The number of amides is 5. The van der Waals surface area contributed by atoms with Crippen molar-refractivity contribution in [2.45, 2.75) is 13.8 Å². The Morgan fingerprint density at radius 3 is 2.39 bits per heavy atom. The Morgan fingerprint density at radius 1 is 1.00 bits per heavy atom. The summed E-state index contributed by atoms with van der Waals surface area (Å²) in [4.78, 5) is 50.5. The van der Waals surface area contributed by atoms with Crippen molar-refractivity contribution in [1.82, 2.24) is 5.32 Å². The molecule has 0 saturated carbocycles. The van der Waals surface area contributed by atoms with Crippen molar-refractivity contribution in [3.63, 3.8) is 0 Å². The van der Waals surface area contributed by atoms with Crippen molar-refractivity contribution in [3.05, 3.63) is 94.8 Å². The van der Waals surface area contributed by atoms with Crippen LogP contribution in [0.4, 0.5) is 20.6 Å². The van der Waals surface area contributed by atoms with Gasteiger partial charge in [-0.1, -0.05) is 24.3 Å². The second-order valence-corrected chi connectivity index (χ2v) is 8.16. The lowest BCUT2D eigenvalue weighted by Crippen LogP contribution is -2.54. The van der Waals surface area contributed by atoms with E-state index in [1.54, 1.807) is 24.3 Å². The fourth-order valence-corrected chi connectivity index (χ4v) is 3.51. The monoisotopic (exact) mass is 487 g/mol. The molecule has 1 heterocycles. The van der Waals surface area contributed by atoms with Crippen LogP contribution in [0.15, 0.2) is 72.3 Å². The Balaban J connectivity index is 1.43. The average molecular weight is 487 g/mol. The van der Waals surface area contributed by atoms with E-state index in [4.69, 9.17) is 4.74 Å². The second-order valence-electron chi connectivity index (χ2n) is 8.16. The summed E-state index contributed by atoms with van der Waals surface area (Å²) in [5, 5.41) is 4.92. The maximum absolute atomic E-state index is 13.2.